The summed E-state index contributed by atoms with van der Waals surface area (Å²) in [5.74, 6) is 0.927. The number of carbonyl (C=O) groups is 3. The Morgan fingerprint density at radius 3 is 0.788 bits per heavy atom. The molecule has 0 heterocycles. The Morgan fingerprint density at radius 2 is 0.530 bits per heavy atom. The summed E-state index contributed by atoms with van der Waals surface area (Å²) >= 11 is 0. The van der Waals surface area contributed by atoms with Crippen LogP contribution in [0.25, 0.3) is 0 Å². The van der Waals surface area contributed by atoms with E-state index in [1.807, 2.05) is 0 Å². The van der Waals surface area contributed by atoms with E-state index in [1.165, 1.54) is 225 Å². The minimum absolute atomic E-state index is 0.0625. The topological polar surface area (TPSA) is 78.9 Å². The Bertz CT molecular complexity index is 1010. The summed E-state index contributed by atoms with van der Waals surface area (Å²) in [6, 6.07) is 0. The van der Waals surface area contributed by atoms with Crippen molar-refractivity contribution in [1.82, 2.24) is 0 Å². The number of carbonyl (C=O) groups excluding carboxylic acids is 3. The fourth-order valence-corrected chi connectivity index (χ4v) is 9.16. The van der Waals surface area contributed by atoms with Gasteiger partial charge in [-0.1, -0.05) is 298 Å². The summed E-state index contributed by atoms with van der Waals surface area (Å²) in [6.45, 7) is 11.5. The Balaban J connectivity index is 4.31. The van der Waals surface area contributed by atoms with Crippen LogP contribution in [0.15, 0.2) is 0 Å². The minimum atomic E-state index is -0.763. The summed E-state index contributed by atoms with van der Waals surface area (Å²) < 4.78 is 16.9. The fraction of sp³-hybridized carbons (Fsp3) is 0.950. The van der Waals surface area contributed by atoms with Crippen LogP contribution in [0.3, 0.4) is 0 Å². The van der Waals surface area contributed by atoms with Gasteiger partial charge >= 0.3 is 17.9 Å². The predicted molar refractivity (Wildman–Crippen MR) is 284 cm³/mol. The molecule has 3 atom stereocenters. The lowest BCUT2D eigenvalue weighted by Gasteiger charge is -2.18. The van der Waals surface area contributed by atoms with Gasteiger partial charge in [-0.25, -0.2) is 0 Å². The number of rotatable bonds is 54. The number of hydrogen-bond acceptors (Lipinski definition) is 6. The zero-order valence-electron chi connectivity index (χ0n) is 45.3. The fourth-order valence-electron chi connectivity index (χ4n) is 9.16. The van der Waals surface area contributed by atoms with E-state index in [4.69, 9.17) is 14.2 Å². The number of hydrogen-bond donors (Lipinski definition) is 0. The smallest absolute Gasteiger partial charge is 0.306 e. The number of unbranched alkanes of at least 4 members (excludes halogenated alkanes) is 37. The van der Waals surface area contributed by atoms with Gasteiger partial charge in [0, 0.05) is 19.3 Å². The summed E-state index contributed by atoms with van der Waals surface area (Å²) in [6.07, 6.45) is 56.5. The van der Waals surface area contributed by atoms with Crippen LogP contribution in [0.1, 0.15) is 336 Å². The highest BCUT2D eigenvalue weighted by Crippen LogP contribution is 2.19. The van der Waals surface area contributed by atoms with Gasteiger partial charge in [-0.05, 0) is 31.1 Å². The average Bonchev–Trinajstić information content (AvgIpc) is 3.32. The van der Waals surface area contributed by atoms with Crippen LogP contribution in [0.2, 0.25) is 0 Å². The molecule has 66 heavy (non-hydrogen) atoms. The maximum absolute atomic E-state index is 12.9. The van der Waals surface area contributed by atoms with E-state index in [1.54, 1.807) is 0 Å². The summed E-state index contributed by atoms with van der Waals surface area (Å²) in [4.78, 5) is 38.2. The molecule has 0 saturated heterocycles. The van der Waals surface area contributed by atoms with Crippen LogP contribution in [0.5, 0.6) is 0 Å². The van der Waals surface area contributed by atoms with Crippen molar-refractivity contribution in [2.45, 2.75) is 343 Å². The maximum atomic E-state index is 12.9. The molecule has 0 aliphatic rings. The molecular weight excluding hydrogens is 817 g/mol. The van der Waals surface area contributed by atoms with Gasteiger partial charge in [0.15, 0.2) is 6.10 Å². The van der Waals surface area contributed by atoms with Gasteiger partial charge in [0.2, 0.25) is 0 Å². The van der Waals surface area contributed by atoms with Crippen molar-refractivity contribution in [3.05, 3.63) is 0 Å². The first-order valence-corrected chi connectivity index (χ1v) is 29.8. The van der Waals surface area contributed by atoms with Gasteiger partial charge in [0.25, 0.3) is 0 Å². The molecule has 2 unspecified atom stereocenters. The molecule has 0 aromatic carbocycles. The second-order valence-corrected chi connectivity index (χ2v) is 21.1. The lowest BCUT2D eigenvalue weighted by atomic mass is 9.99. The average molecular weight is 934 g/mol. The molecule has 6 heteroatoms. The van der Waals surface area contributed by atoms with E-state index in [0.717, 1.165) is 69.6 Å². The van der Waals surface area contributed by atoms with Crippen molar-refractivity contribution < 1.29 is 28.6 Å². The molecule has 0 rings (SSSR count). The molecule has 0 aromatic rings. The van der Waals surface area contributed by atoms with Crippen LogP contribution in [0, 0.1) is 11.8 Å². The SMILES string of the molecule is CCCCCCCCCCCCCCCCCCC(=O)OC[C@H](COC(=O)CCCCCCCCCCCCC(C)CC)OC(=O)CCCCCCCCCCCCCCCCC(C)CC. The van der Waals surface area contributed by atoms with E-state index >= 15 is 0 Å². The molecule has 392 valence electrons. The zero-order valence-corrected chi connectivity index (χ0v) is 45.3. The molecule has 0 bridgehead atoms. The lowest BCUT2D eigenvalue weighted by Crippen LogP contribution is -2.30. The van der Waals surface area contributed by atoms with Crippen LogP contribution in [-0.2, 0) is 28.6 Å². The van der Waals surface area contributed by atoms with Crippen molar-refractivity contribution in [1.29, 1.82) is 0 Å². The largest absolute Gasteiger partial charge is 0.462 e. The standard InChI is InChI=1S/C60H116O6/c1-6-9-10-11-12-13-14-15-16-17-21-24-30-35-40-45-50-58(61)64-53-57(54-65-59(62)51-46-41-36-31-27-26-29-34-39-44-49-56(5)8-3)66-60(63)52-47-42-37-32-25-22-19-18-20-23-28-33-38-43-48-55(4)7-2/h55-57H,6-54H2,1-5H3/t55?,56?,57-/m1/s1. The highest BCUT2D eigenvalue weighted by molar-refractivity contribution is 5.71. The summed E-state index contributed by atoms with van der Waals surface area (Å²) in [5, 5.41) is 0. The van der Waals surface area contributed by atoms with Crippen molar-refractivity contribution in [2.24, 2.45) is 11.8 Å². The van der Waals surface area contributed by atoms with Gasteiger partial charge in [-0.15, -0.1) is 0 Å². The molecular formula is C60H116O6. The molecule has 0 aliphatic carbocycles. The highest BCUT2D eigenvalue weighted by Gasteiger charge is 2.19. The van der Waals surface area contributed by atoms with Gasteiger partial charge in [0.05, 0.1) is 0 Å². The van der Waals surface area contributed by atoms with Crippen LogP contribution in [-0.4, -0.2) is 37.2 Å². The first kappa shape index (κ1) is 64.4. The van der Waals surface area contributed by atoms with E-state index in [9.17, 15) is 14.4 Å². The van der Waals surface area contributed by atoms with Crippen LogP contribution in [0.4, 0.5) is 0 Å². The monoisotopic (exact) mass is 933 g/mol. The van der Waals surface area contributed by atoms with Crippen molar-refractivity contribution in [2.75, 3.05) is 13.2 Å². The number of ether oxygens (including phenoxy) is 3. The third-order valence-corrected chi connectivity index (χ3v) is 14.4. The Labute approximate surface area is 412 Å². The molecule has 0 fully saturated rings. The molecule has 0 aromatic heterocycles. The molecule has 0 N–H and O–H groups in total. The van der Waals surface area contributed by atoms with E-state index < -0.39 is 6.10 Å². The van der Waals surface area contributed by atoms with E-state index in [0.29, 0.717) is 19.3 Å². The highest BCUT2D eigenvalue weighted by atomic mass is 16.6. The van der Waals surface area contributed by atoms with Crippen molar-refractivity contribution in [3.63, 3.8) is 0 Å². The summed E-state index contributed by atoms with van der Waals surface area (Å²) in [7, 11) is 0. The minimum Gasteiger partial charge on any atom is -0.462 e. The Kier molecular flexibility index (Phi) is 51.5. The van der Waals surface area contributed by atoms with Crippen molar-refractivity contribution >= 4 is 17.9 Å². The van der Waals surface area contributed by atoms with Crippen LogP contribution < -0.4 is 0 Å². The first-order chi connectivity index (χ1) is 32.3. The van der Waals surface area contributed by atoms with Gasteiger partial charge in [-0.3, -0.25) is 14.4 Å². The number of esters is 3. The molecule has 0 saturated carbocycles. The van der Waals surface area contributed by atoms with E-state index in [2.05, 4.69) is 34.6 Å². The lowest BCUT2D eigenvalue weighted by molar-refractivity contribution is -0.167. The Hall–Kier alpha value is -1.59. The van der Waals surface area contributed by atoms with Crippen molar-refractivity contribution in [3.8, 4) is 0 Å². The predicted octanol–water partition coefficient (Wildman–Crippen LogP) is 19.7. The first-order valence-electron chi connectivity index (χ1n) is 29.8. The molecule has 0 spiro atoms. The normalized spacial score (nSPS) is 12.9. The van der Waals surface area contributed by atoms with E-state index in [-0.39, 0.29) is 31.1 Å². The third-order valence-electron chi connectivity index (χ3n) is 14.4. The zero-order chi connectivity index (χ0) is 48.2. The van der Waals surface area contributed by atoms with Gasteiger partial charge < -0.3 is 14.2 Å². The summed E-state index contributed by atoms with van der Waals surface area (Å²) in [5.41, 5.74) is 0. The van der Waals surface area contributed by atoms with Gasteiger partial charge in [-0.2, -0.15) is 0 Å². The second-order valence-electron chi connectivity index (χ2n) is 21.1. The second kappa shape index (κ2) is 52.8. The maximum Gasteiger partial charge on any atom is 0.306 e. The molecule has 0 amide bonds. The Morgan fingerprint density at radius 1 is 0.303 bits per heavy atom. The quantitative estimate of drug-likeness (QED) is 0.0343. The molecule has 6 nitrogen and oxygen atoms in total. The van der Waals surface area contributed by atoms with Crippen LogP contribution >= 0.6 is 0 Å². The third kappa shape index (κ3) is 50.3. The molecule has 0 radical (unpaired) electrons. The van der Waals surface area contributed by atoms with Gasteiger partial charge in [0.1, 0.15) is 13.2 Å². The molecule has 0 aliphatic heterocycles.